The van der Waals surface area contributed by atoms with E-state index in [2.05, 4.69) is 21.2 Å². The van der Waals surface area contributed by atoms with Crippen LogP contribution in [0.15, 0.2) is 65.1 Å². The van der Waals surface area contributed by atoms with Crippen molar-refractivity contribution in [3.8, 4) is 11.5 Å². The largest absolute Gasteiger partial charge is 0.490 e. The molecule has 0 amide bonds. The standard InChI is InChI=1S/C22H20BrClFNO2/c1-2-27-21-12-15(13-26-16-7-4-3-5-8-16)11-18(23)22(21)28-14-17-19(24)9-6-10-20(17)25/h3-12,26H,2,13-14H2,1H3. The van der Waals surface area contributed by atoms with Gasteiger partial charge in [-0.05, 0) is 64.8 Å². The number of para-hydroxylation sites is 1. The van der Waals surface area contributed by atoms with Crippen molar-refractivity contribution in [2.45, 2.75) is 20.1 Å². The van der Waals surface area contributed by atoms with Crippen molar-refractivity contribution in [1.29, 1.82) is 0 Å². The van der Waals surface area contributed by atoms with Crippen LogP contribution in [0, 0.1) is 5.82 Å². The normalized spacial score (nSPS) is 10.6. The van der Waals surface area contributed by atoms with Crippen molar-refractivity contribution in [3.63, 3.8) is 0 Å². The molecule has 0 radical (unpaired) electrons. The molecule has 0 aromatic heterocycles. The molecule has 1 N–H and O–H groups in total. The number of halogens is 3. The van der Waals surface area contributed by atoms with Crippen LogP contribution in [-0.2, 0) is 13.2 Å². The van der Waals surface area contributed by atoms with Crippen LogP contribution in [0.1, 0.15) is 18.1 Å². The van der Waals surface area contributed by atoms with Gasteiger partial charge >= 0.3 is 0 Å². The maximum Gasteiger partial charge on any atom is 0.175 e. The van der Waals surface area contributed by atoms with E-state index < -0.39 is 5.82 Å². The Labute approximate surface area is 177 Å². The molecule has 0 aliphatic heterocycles. The summed E-state index contributed by atoms with van der Waals surface area (Å²) in [5.74, 6) is 0.712. The molecule has 0 unspecified atom stereocenters. The lowest BCUT2D eigenvalue weighted by Crippen LogP contribution is -2.05. The fourth-order valence-electron chi connectivity index (χ4n) is 2.70. The zero-order valence-electron chi connectivity index (χ0n) is 15.3. The van der Waals surface area contributed by atoms with E-state index in [9.17, 15) is 4.39 Å². The lowest BCUT2D eigenvalue weighted by Gasteiger charge is -2.16. The number of nitrogens with one attached hydrogen (secondary N) is 1. The van der Waals surface area contributed by atoms with E-state index in [1.807, 2.05) is 49.4 Å². The Morgan fingerprint density at radius 3 is 2.54 bits per heavy atom. The minimum Gasteiger partial charge on any atom is -0.490 e. The van der Waals surface area contributed by atoms with E-state index in [-0.39, 0.29) is 6.61 Å². The molecular formula is C22H20BrClFNO2. The highest BCUT2D eigenvalue weighted by molar-refractivity contribution is 9.10. The van der Waals surface area contributed by atoms with Crippen molar-refractivity contribution < 1.29 is 13.9 Å². The van der Waals surface area contributed by atoms with Gasteiger partial charge < -0.3 is 14.8 Å². The Balaban J connectivity index is 1.78. The topological polar surface area (TPSA) is 30.5 Å². The Morgan fingerprint density at radius 1 is 1.04 bits per heavy atom. The second-order valence-electron chi connectivity index (χ2n) is 6.05. The van der Waals surface area contributed by atoms with Crippen molar-refractivity contribution in [2.24, 2.45) is 0 Å². The molecular weight excluding hydrogens is 445 g/mol. The molecule has 0 saturated carbocycles. The summed E-state index contributed by atoms with van der Waals surface area (Å²) < 4.78 is 26.4. The molecule has 3 aromatic carbocycles. The Bertz CT molecular complexity index is 917. The van der Waals surface area contributed by atoms with Crippen molar-refractivity contribution in [3.05, 3.63) is 87.1 Å². The van der Waals surface area contributed by atoms with Crippen LogP contribution in [0.3, 0.4) is 0 Å². The molecule has 0 spiro atoms. The number of benzene rings is 3. The second-order valence-corrected chi connectivity index (χ2v) is 7.31. The first-order valence-corrected chi connectivity index (χ1v) is 10.1. The Kier molecular flexibility index (Phi) is 7.18. The Hall–Kier alpha value is -2.24. The monoisotopic (exact) mass is 463 g/mol. The number of hydrogen-bond acceptors (Lipinski definition) is 3. The first kappa shape index (κ1) is 20.5. The smallest absolute Gasteiger partial charge is 0.175 e. The average Bonchev–Trinajstić information content (AvgIpc) is 2.68. The predicted molar refractivity (Wildman–Crippen MR) is 115 cm³/mol. The van der Waals surface area contributed by atoms with Crippen molar-refractivity contribution in [2.75, 3.05) is 11.9 Å². The molecule has 3 aromatic rings. The molecule has 0 aliphatic rings. The SMILES string of the molecule is CCOc1cc(CNc2ccccc2)cc(Br)c1OCc1c(F)cccc1Cl. The maximum atomic E-state index is 14.0. The van der Waals surface area contributed by atoms with E-state index in [4.69, 9.17) is 21.1 Å². The summed E-state index contributed by atoms with van der Waals surface area (Å²) in [4.78, 5) is 0. The molecule has 0 saturated heterocycles. The van der Waals surface area contributed by atoms with Gasteiger partial charge in [0.1, 0.15) is 12.4 Å². The quantitative estimate of drug-likeness (QED) is 0.396. The van der Waals surface area contributed by atoms with Gasteiger partial charge in [0.05, 0.1) is 16.1 Å². The fourth-order valence-corrected chi connectivity index (χ4v) is 3.52. The van der Waals surface area contributed by atoms with E-state index in [0.29, 0.717) is 35.2 Å². The summed E-state index contributed by atoms with van der Waals surface area (Å²) in [6.45, 7) is 3.02. The Morgan fingerprint density at radius 2 is 1.82 bits per heavy atom. The average molecular weight is 465 g/mol. The third-order valence-corrected chi connectivity index (χ3v) is 5.01. The molecule has 0 heterocycles. The van der Waals surface area contributed by atoms with Crippen LogP contribution in [0.2, 0.25) is 5.02 Å². The van der Waals surface area contributed by atoms with E-state index >= 15 is 0 Å². The fraction of sp³-hybridized carbons (Fsp3) is 0.182. The zero-order valence-corrected chi connectivity index (χ0v) is 17.7. The third kappa shape index (κ3) is 5.18. The summed E-state index contributed by atoms with van der Waals surface area (Å²) in [6.07, 6.45) is 0. The van der Waals surface area contributed by atoms with Gasteiger partial charge in [-0.3, -0.25) is 0 Å². The number of ether oxygens (including phenoxy) is 2. The van der Waals surface area contributed by atoms with Gasteiger partial charge in [0.15, 0.2) is 11.5 Å². The van der Waals surface area contributed by atoms with E-state index in [1.165, 1.54) is 6.07 Å². The molecule has 28 heavy (non-hydrogen) atoms. The number of rotatable bonds is 8. The van der Waals surface area contributed by atoms with Gasteiger partial charge in [-0.1, -0.05) is 35.9 Å². The summed E-state index contributed by atoms with van der Waals surface area (Å²) in [7, 11) is 0. The van der Waals surface area contributed by atoms with Gasteiger partial charge in [0.25, 0.3) is 0 Å². The van der Waals surface area contributed by atoms with Crippen molar-refractivity contribution in [1.82, 2.24) is 0 Å². The highest BCUT2D eigenvalue weighted by Gasteiger charge is 2.15. The predicted octanol–water partition coefficient (Wildman–Crippen LogP) is 6.83. The lowest BCUT2D eigenvalue weighted by molar-refractivity contribution is 0.264. The summed E-state index contributed by atoms with van der Waals surface area (Å²) in [6, 6.07) is 18.4. The van der Waals surface area contributed by atoms with Gasteiger partial charge in [-0.25, -0.2) is 4.39 Å². The zero-order chi connectivity index (χ0) is 19.9. The van der Waals surface area contributed by atoms with Gasteiger partial charge in [0.2, 0.25) is 0 Å². The van der Waals surface area contributed by atoms with Crippen LogP contribution in [-0.4, -0.2) is 6.61 Å². The summed E-state index contributed by atoms with van der Waals surface area (Å²) >= 11 is 9.64. The van der Waals surface area contributed by atoms with Crippen LogP contribution in [0.25, 0.3) is 0 Å². The molecule has 6 heteroatoms. The summed E-state index contributed by atoms with van der Waals surface area (Å²) in [5.41, 5.74) is 2.37. The molecule has 3 rings (SSSR count). The second kappa shape index (κ2) is 9.80. The highest BCUT2D eigenvalue weighted by Crippen LogP contribution is 2.38. The van der Waals surface area contributed by atoms with Crippen LogP contribution >= 0.6 is 27.5 Å². The van der Waals surface area contributed by atoms with Gasteiger partial charge in [0, 0.05) is 17.8 Å². The first-order valence-electron chi connectivity index (χ1n) is 8.88. The molecule has 0 aliphatic carbocycles. The molecule has 0 fully saturated rings. The van der Waals surface area contributed by atoms with Gasteiger partial charge in [-0.2, -0.15) is 0 Å². The van der Waals surface area contributed by atoms with Gasteiger partial charge in [-0.15, -0.1) is 0 Å². The van der Waals surface area contributed by atoms with Crippen LogP contribution < -0.4 is 14.8 Å². The molecule has 146 valence electrons. The van der Waals surface area contributed by atoms with Crippen LogP contribution in [0.4, 0.5) is 10.1 Å². The minimum atomic E-state index is -0.398. The maximum absolute atomic E-state index is 14.0. The van der Waals surface area contributed by atoms with E-state index in [1.54, 1.807) is 12.1 Å². The first-order chi connectivity index (χ1) is 13.6. The molecule has 0 bridgehead atoms. The van der Waals surface area contributed by atoms with Crippen molar-refractivity contribution >= 4 is 33.2 Å². The van der Waals surface area contributed by atoms with E-state index in [0.717, 1.165) is 15.7 Å². The number of hydrogen-bond donors (Lipinski definition) is 1. The third-order valence-electron chi connectivity index (χ3n) is 4.06. The van der Waals surface area contributed by atoms with Crippen LogP contribution in [0.5, 0.6) is 11.5 Å². The lowest BCUT2D eigenvalue weighted by atomic mass is 10.2. The highest BCUT2D eigenvalue weighted by atomic mass is 79.9. The number of anilines is 1. The minimum absolute atomic E-state index is 0.00575. The molecule has 0 atom stereocenters. The summed E-state index contributed by atoms with van der Waals surface area (Å²) in [5, 5.41) is 3.70. The molecule has 3 nitrogen and oxygen atoms in total.